The summed E-state index contributed by atoms with van der Waals surface area (Å²) in [5, 5.41) is 4.51. The number of rotatable bonds is 5. The molecule has 0 radical (unpaired) electrons. The van der Waals surface area contributed by atoms with Gasteiger partial charge in [-0.3, -0.25) is 9.59 Å². The molecule has 0 bridgehead atoms. The van der Waals surface area contributed by atoms with Crippen molar-refractivity contribution in [3.05, 3.63) is 77.7 Å². The van der Waals surface area contributed by atoms with E-state index in [1.807, 2.05) is 59.2 Å². The molecule has 1 saturated carbocycles. The Balaban J connectivity index is 1.30. The van der Waals surface area contributed by atoms with E-state index >= 15 is 0 Å². The van der Waals surface area contributed by atoms with Crippen LogP contribution in [0.15, 0.2) is 77.7 Å². The Morgan fingerprint density at radius 1 is 1.05 bits per heavy atom. The summed E-state index contributed by atoms with van der Waals surface area (Å²) in [6, 6.07) is 20.8. The minimum Gasteiger partial charge on any atom is -0.383 e. The third kappa shape index (κ3) is 3.93. The number of pyridine rings is 1. The Bertz CT molecular complexity index is 1820. The van der Waals surface area contributed by atoms with Gasteiger partial charge in [-0.15, -0.1) is 0 Å². The number of nitrogens with two attached hydrogens (primary N) is 1. The Morgan fingerprint density at radius 3 is 2.65 bits per heavy atom. The summed E-state index contributed by atoms with van der Waals surface area (Å²) in [5.41, 5.74) is 9.73. The number of amides is 2. The molecule has 7 rings (SSSR count). The van der Waals surface area contributed by atoms with E-state index in [1.54, 1.807) is 17.0 Å². The third-order valence-corrected chi connectivity index (χ3v) is 8.70. The van der Waals surface area contributed by atoms with E-state index in [0.29, 0.717) is 28.3 Å². The minimum atomic E-state index is -0.585. The first-order valence-electron chi connectivity index (χ1n) is 13.2. The molecule has 40 heavy (non-hydrogen) atoms. The lowest BCUT2D eigenvalue weighted by Crippen LogP contribution is -2.46. The molecule has 1 saturated heterocycles. The van der Waals surface area contributed by atoms with Crippen LogP contribution in [-0.2, 0) is 16.1 Å². The van der Waals surface area contributed by atoms with Gasteiger partial charge in [-0.25, -0.2) is 15.0 Å². The standard InChI is InChI=1S/C30H26BrN7O2/c1-30-13-20(29(40)36-23-12-6-11-22(31)35-23)38(21(30)14-30)24(39)15-37-26-18(17-7-3-2-4-8-17)9-5-10-19(26)25-27(32)33-16-34-28(25)37/h2-12,16,20-21H,13-15H2,1H3,(H2,32,33,34)(H,35,36,40)/t20-,21+,30-/m0/s1. The second-order valence-corrected chi connectivity index (χ2v) is 11.7. The monoisotopic (exact) mass is 595 g/mol. The van der Waals surface area contributed by atoms with Crippen molar-refractivity contribution in [3.63, 3.8) is 0 Å². The zero-order valence-corrected chi connectivity index (χ0v) is 23.3. The molecule has 200 valence electrons. The van der Waals surface area contributed by atoms with Crippen LogP contribution in [0.2, 0.25) is 0 Å². The number of nitrogens with zero attached hydrogens (tertiary/aromatic N) is 5. The molecule has 2 fully saturated rings. The van der Waals surface area contributed by atoms with Gasteiger partial charge in [0, 0.05) is 17.0 Å². The molecule has 0 unspecified atom stereocenters. The molecule has 3 aromatic heterocycles. The van der Waals surface area contributed by atoms with Crippen LogP contribution < -0.4 is 11.1 Å². The number of likely N-dealkylation sites (tertiary alicyclic amines) is 1. The van der Waals surface area contributed by atoms with Crippen LogP contribution in [0, 0.1) is 5.41 Å². The van der Waals surface area contributed by atoms with Crippen molar-refractivity contribution in [2.45, 2.75) is 38.4 Å². The largest absolute Gasteiger partial charge is 0.383 e. The van der Waals surface area contributed by atoms with Gasteiger partial charge in [-0.2, -0.15) is 0 Å². The Kier molecular flexibility index (Phi) is 5.64. The van der Waals surface area contributed by atoms with Gasteiger partial charge in [-0.05, 0) is 51.9 Å². The maximum Gasteiger partial charge on any atom is 0.248 e. The Morgan fingerprint density at radius 2 is 1.85 bits per heavy atom. The quantitative estimate of drug-likeness (QED) is 0.276. The van der Waals surface area contributed by atoms with E-state index < -0.39 is 6.04 Å². The van der Waals surface area contributed by atoms with Gasteiger partial charge in [0.25, 0.3) is 0 Å². The molecule has 0 spiro atoms. The molecule has 3 N–H and O–H groups in total. The average Bonchev–Trinajstić information content (AvgIpc) is 3.34. The van der Waals surface area contributed by atoms with Gasteiger partial charge in [0.15, 0.2) is 0 Å². The molecule has 2 amide bonds. The molecule has 4 heterocycles. The number of hydrogen-bond acceptors (Lipinski definition) is 6. The number of anilines is 2. The molecule has 1 aliphatic carbocycles. The molecule has 5 aromatic rings. The highest BCUT2D eigenvalue weighted by Crippen LogP contribution is 2.59. The molecule has 2 aromatic carbocycles. The number of piperidine rings is 1. The van der Waals surface area contributed by atoms with Crippen molar-refractivity contribution in [1.29, 1.82) is 0 Å². The number of nitrogen functional groups attached to an aromatic ring is 1. The van der Waals surface area contributed by atoms with Crippen molar-refractivity contribution < 1.29 is 9.59 Å². The van der Waals surface area contributed by atoms with Crippen LogP contribution in [0.1, 0.15) is 19.8 Å². The number of aromatic nitrogens is 4. The van der Waals surface area contributed by atoms with E-state index in [0.717, 1.165) is 33.8 Å². The number of halogens is 1. The lowest BCUT2D eigenvalue weighted by atomic mass is 10.0. The molecule has 9 nitrogen and oxygen atoms in total. The normalized spacial score (nSPS) is 21.5. The van der Waals surface area contributed by atoms with E-state index in [-0.39, 0.29) is 29.8 Å². The van der Waals surface area contributed by atoms with E-state index in [4.69, 9.17) is 5.73 Å². The fourth-order valence-corrected chi connectivity index (χ4v) is 6.61. The highest BCUT2D eigenvalue weighted by Gasteiger charge is 2.64. The van der Waals surface area contributed by atoms with Crippen LogP contribution >= 0.6 is 15.9 Å². The summed E-state index contributed by atoms with van der Waals surface area (Å²) in [6.45, 7) is 2.16. The van der Waals surface area contributed by atoms with Gasteiger partial charge in [0.05, 0.1) is 10.9 Å². The van der Waals surface area contributed by atoms with Crippen molar-refractivity contribution in [2.75, 3.05) is 11.1 Å². The topological polar surface area (TPSA) is 119 Å². The van der Waals surface area contributed by atoms with Crippen molar-refractivity contribution in [3.8, 4) is 11.1 Å². The highest BCUT2D eigenvalue weighted by atomic mass is 79.9. The summed E-state index contributed by atoms with van der Waals surface area (Å²) >= 11 is 3.35. The summed E-state index contributed by atoms with van der Waals surface area (Å²) in [6.07, 6.45) is 2.92. The van der Waals surface area contributed by atoms with Crippen LogP contribution in [0.5, 0.6) is 0 Å². The third-order valence-electron chi connectivity index (χ3n) is 8.26. The molecule has 10 heteroatoms. The average molecular weight is 596 g/mol. The zero-order chi connectivity index (χ0) is 27.6. The predicted molar refractivity (Wildman–Crippen MR) is 157 cm³/mol. The van der Waals surface area contributed by atoms with Crippen LogP contribution in [0.4, 0.5) is 11.6 Å². The van der Waals surface area contributed by atoms with Crippen molar-refractivity contribution in [2.24, 2.45) is 5.41 Å². The van der Waals surface area contributed by atoms with Gasteiger partial charge >= 0.3 is 0 Å². The number of hydrogen-bond donors (Lipinski definition) is 2. The number of carbonyl (C=O) groups is 2. The first-order chi connectivity index (χ1) is 19.3. The molecular weight excluding hydrogens is 570 g/mol. The Labute approximate surface area is 238 Å². The summed E-state index contributed by atoms with van der Waals surface area (Å²) in [4.78, 5) is 42.5. The summed E-state index contributed by atoms with van der Waals surface area (Å²) in [5.74, 6) is 0.444. The van der Waals surface area contributed by atoms with E-state index in [1.165, 1.54) is 6.33 Å². The smallest absolute Gasteiger partial charge is 0.248 e. The zero-order valence-electron chi connectivity index (χ0n) is 21.7. The number of nitrogens with one attached hydrogen (secondary N) is 1. The Hall–Kier alpha value is -4.31. The minimum absolute atomic E-state index is 0.0196. The number of fused-ring (bicyclic) bond motifs is 4. The maximum absolute atomic E-state index is 14.2. The van der Waals surface area contributed by atoms with Gasteiger partial charge in [-0.1, -0.05) is 61.5 Å². The summed E-state index contributed by atoms with van der Waals surface area (Å²) in [7, 11) is 0. The van der Waals surface area contributed by atoms with Gasteiger partial charge < -0.3 is 20.5 Å². The van der Waals surface area contributed by atoms with Crippen LogP contribution in [-0.4, -0.2) is 48.3 Å². The van der Waals surface area contributed by atoms with Crippen molar-refractivity contribution >= 4 is 61.3 Å². The fraction of sp³-hybridized carbons (Fsp3) is 0.233. The number of carbonyl (C=O) groups excluding carboxylic acids is 2. The fourth-order valence-electron chi connectivity index (χ4n) is 6.26. The second-order valence-electron chi connectivity index (χ2n) is 10.8. The maximum atomic E-state index is 14.2. The predicted octanol–water partition coefficient (Wildman–Crippen LogP) is 5.01. The van der Waals surface area contributed by atoms with Crippen molar-refractivity contribution in [1.82, 2.24) is 24.4 Å². The van der Waals surface area contributed by atoms with Gasteiger partial charge in [0.2, 0.25) is 11.8 Å². The molecular formula is C30H26BrN7O2. The highest BCUT2D eigenvalue weighted by molar-refractivity contribution is 9.10. The first kappa shape index (κ1) is 24.7. The lowest BCUT2D eigenvalue weighted by molar-refractivity contribution is -0.138. The molecule has 1 aliphatic heterocycles. The van der Waals surface area contributed by atoms with Crippen LogP contribution in [0.3, 0.4) is 0 Å². The van der Waals surface area contributed by atoms with E-state index in [9.17, 15) is 9.59 Å². The molecule has 2 aliphatic rings. The number of para-hydroxylation sites is 1. The summed E-state index contributed by atoms with van der Waals surface area (Å²) < 4.78 is 2.55. The second kappa shape index (κ2) is 9.12. The molecule has 3 atom stereocenters. The first-order valence-corrected chi connectivity index (χ1v) is 13.9. The van der Waals surface area contributed by atoms with Gasteiger partial charge in [0.1, 0.15) is 40.8 Å². The number of benzene rings is 2. The van der Waals surface area contributed by atoms with E-state index in [2.05, 4.69) is 43.1 Å². The SMILES string of the molecule is C[C@@]12C[C@@H](C(=O)Nc3cccc(Br)n3)N(C(=O)Cn3c4ncnc(N)c4c4cccc(-c5ccccc5)c43)[C@@H]1C2. The van der Waals surface area contributed by atoms with Crippen LogP contribution in [0.25, 0.3) is 33.1 Å². The lowest BCUT2D eigenvalue weighted by Gasteiger charge is -2.27.